The normalized spacial score (nSPS) is 16.9. The fraction of sp³-hybridized carbons (Fsp3) is 0.474. The number of thiophene rings is 1. The maximum Gasteiger partial charge on any atom is 0.332 e. The maximum absolute atomic E-state index is 12.8. The highest BCUT2D eigenvalue weighted by Gasteiger charge is 2.30. The minimum atomic E-state index is -0.397. The average molecular weight is 401 g/mol. The van der Waals surface area contributed by atoms with Gasteiger partial charge in [-0.15, -0.1) is 11.3 Å². The van der Waals surface area contributed by atoms with Crippen LogP contribution in [0.5, 0.6) is 0 Å². The van der Waals surface area contributed by atoms with Gasteiger partial charge in [-0.1, -0.05) is 6.07 Å². The van der Waals surface area contributed by atoms with Gasteiger partial charge in [-0.25, -0.2) is 9.78 Å². The first-order chi connectivity index (χ1) is 13.5. The Balaban J connectivity index is 1.46. The van der Waals surface area contributed by atoms with Crippen LogP contribution >= 0.6 is 11.3 Å². The average Bonchev–Trinajstić information content (AvgIpc) is 3.44. The lowest BCUT2D eigenvalue weighted by atomic mass is 10.1. The van der Waals surface area contributed by atoms with Crippen molar-refractivity contribution in [1.82, 2.24) is 23.6 Å². The molecule has 3 aromatic heterocycles. The molecule has 9 heteroatoms. The number of rotatable bonds is 5. The molecule has 0 spiro atoms. The van der Waals surface area contributed by atoms with Crippen molar-refractivity contribution in [2.24, 2.45) is 14.1 Å². The van der Waals surface area contributed by atoms with Crippen molar-refractivity contribution in [3.05, 3.63) is 49.6 Å². The van der Waals surface area contributed by atoms with Crippen molar-refractivity contribution in [2.75, 3.05) is 6.54 Å². The first-order valence-corrected chi connectivity index (χ1v) is 10.3. The number of nitrogens with zero attached hydrogens (tertiary/aromatic N) is 5. The molecule has 1 aliphatic rings. The Bertz CT molecular complexity index is 1130. The quantitative estimate of drug-likeness (QED) is 0.651. The van der Waals surface area contributed by atoms with Gasteiger partial charge in [-0.3, -0.25) is 18.7 Å². The van der Waals surface area contributed by atoms with E-state index in [0.29, 0.717) is 30.6 Å². The Kier molecular flexibility index (Phi) is 4.92. The molecule has 1 amide bonds. The van der Waals surface area contributed by atoms with Crippen LogP contribution in [0.15, 0.2) is 33.4 Å². The van der Waals surface area contributed by atoms with E-state index in [9.17, 15) is 14.4 Å². The van der Waals surface area contributed by atoms with E-state index in [-0.39, 0.29) is 17.5 Å². The molecule has 0 aliphatic carbocycles. The first kappa shape index (κ1) is 18.7. The number of carbonyl (C=O) groups excluding carboxylic acids is 1. The standard InChI is InChI=1S/C19H23N5O3S/c1-21-17-16(18(26)22(2)19(21)27)23(12-20-17)9-4-8-15(25)24-10-3-6-13(24)14-7-5-11-28-14/h5,7,11-13H,3-4,6,8-10H2,1-2H3. The largest absolute Gasteiger partial charge is 0.335 e. The number of fused-ring (bicyclic) bond motifs is 1. The molecule has 0 saturated carbocycles. The van der Waals surface area contributed by atoms with Gasteiger partial charge >= 0.3 is 5.69 Å². The summed E-state index contributed by atoms with van der Waals surface area (Å²) in [5.41, 5.74) is 0.0113. The summed E-state index contributed by atoms with van der Waals surface area (Å²) in [6, 6.07) is 4.32. The lowest BCUT2D eigenvalue weighted by molar-refractivity contribution is -0.132. The molecule has 0 aromatic carbocycles. The fourth-order valence-corrected chi connectivity index (χ4v) is 4.83. The zero-order chi connectivity index (χ0) is 19.8. The van der Waals surface area contributed by atoms with E-state index in [1.54, 1.807) is 29.3 Å². The number of amides is 1. The van der Waals surface area contributed by atoms with Crippen LogP contribution in [0, 0.1) is 0 Å². The van der Waals surface area contributed by atoms with Crippen LogP contribution in [0.25, 0.3) is 11.2 Å². The molecule has 0 N–H and O–H groups in total. The summed E-state index contributed by atoms with van der Waals surface area (Å²) in [7, 11) is 3.06. The third-order valence-electron chi connectivity index (χ3n) is 5.45. The summed E-state index contributed by atoms with van der Waals surface area (Å²) in [5.74, 6) is 0.153. The van der Waals surface area contributed by atoms with E-state index in [4.69, 9.17) is 0 Å². The molecule has 1 unspecified atom stereocenters. The van der Waals surface area contributed by atoms with Crippen LogP contribution in [0.2, 0.25) is 0 Å². The van der Waals surface area contributed by atoms with Crippen molar-refractivity contribution in [3.63, 3.8) is 0 Å². The third-order valence-corrected chi connectivity index (χ3v) is 6.43. The van der Waals surface area contributed by atoms with Crippen LogP contribution in [0.4, 0.5) is 0 Å². The van der Waals surface area contributed by atoms with Gasteiger partial charge in [0.25, 0.3) is 5.56 Å². The molecule has 1 atom stereocenters. The van der Waals surface area contributed by atoms with Crippen molar-refractivity contribution < 1.29 is 4.79 Å². The number of carbonyl (C=O) groups is 1. The Labute approximate surface area is 165 Å². The summed E-state index contributed by atoms with van der Waals surface area (Å²) >= 11 is 1.70. The highest BCUT2D eigenvalue weighted by Crippen LogP contribution is 2.34. The molecule has 0 radical (unpaired) electrons. The molecule has 4 rings (SSSR count). The second-order valence-corrected chi connectivity index (χ2v) is 8.16. The van der Waals surface area contributed by atoms with Crippen LogP contribution in [0.3, 0.4) is 0 Å². The van der Waals surface area contributed by atoms with E-state index < -0.39 is 5.69 Å². The van der Waals surface area contributed by atoms with E-state index >= 15 is 0 Å². The Morgan fingerprint density at radius 3 is 2.86 bits per heavy atom. The minimum absolute atomic E-state index is 0.153. The molecule has 148 valence electrons. The van der Waals surface area contributed by atoms with E-state index in [1.807, 2.05) is 16.3 Å². The predicted molar refractivity (Wildman–Crippen MR) is 107 cm³/mol. The number of imidazole rings is 1. The number of hydrogen-bond acceptors (Lipinski definition) is 5. The predicted octanol–water partition coefficient (Wildman–Crippen LogP) is 1.64. The number of aryl methyl sites for hydroxylation is 2. The monoisotopic (exact) mass is 401 g/mol. The maximum atomic E-state index is 12.8. The first-order valence-electron chi connectivity index (χ1n) is 9.42. The molecular formula is C19H23N5O3S. The summed E-state index contributed by atoms with van der Waals surface area (Å²) in [6.07, 6.45) is 4.66. The van der Waals surface area contributed by atoms with E-state index in [0.717, 1.165) is 24.0 Å². The van der Waals surface area contributed by atoms with Gasteiger partial charge in [0, 0.05) is 38.5 Å². The van der Waals surface area contributed by atoms with Crippen molar-refractivity contribution in [3.8, 4) is 0 Å². The SMILES string of the molecule is Cn1c(=O)c2c(ncn2CCCC(=O)N2CCCC2c2cccs2)n(C)c1=O. The highest BCUT2D eigenvalue weighted by atomic mass is 32.1. The lowest BCUT2D eigenvalue weighted by Crippen LogP contribution is -2.37. The van der Waals surface area contributed by atoms with Gasteiger partial charge in [0.05, 0.1) is 12.4 Å². The molecule has 4 heterocycles. The van der Waals surface area contributed by atoms with Gasteiger partial charge in [0.2, 0.25) is 5.91 Å². The molecule has 28 heavy (non-hydrogen) atoms. The zero-order valence-electron chi connectivity index (χ0n) is 16.0. The van der Waals surface area contributed by atoms with Crippen molar-refractivity contribution >= 4 is 28.4 Å². The summed E-state index contributed by atoms with van der Waals surface area (Å²) < 4.78 is 4.20. The minimum Gasteiger partial charge on any atom is -0.335 e. The Hall–Kier alpha value is -2.68. The molecular weight excluding hydrogens is 378 g/mol. The molecule has 3 aromatic rings. The smallest absolute Gasteiger partial charge is 0.332 e. The summed E-state index contributed by atoms with van der Waals surface area (Å²) in [6.45, 7) is 1.31. The molecule has 0 bridgehead atoms. The summed E-state index contributed by atoms with van der Waals surface area (Å²) in [4.78, 5) is 44.7. The summed E-state index contributed by atoms with van der Waals surface area (Å²) in [5, 5.41) is 2.05. The zero-order valence-corrected chi connectivity index (χ0v) is 16.8. The Morgan fingerprint density at radius 1 is 1.29 bits per heavy atom. The van der Waals surface area contributed by atoms with Gasteiger partial charge in [-0.2, -0.15) is 0 Å². The van der Waals surface area contributed by atoms with E-state index in [2.05, 4.69) is 11.1 Å². The Morgan fingerprint density at radius 2 is 2.11 bits per heavy atom. The second-order valence-electron chi connectivity index (χ2n) is 7.18. The van der Waals surface area contributed by atoms with Crippen LogP contribution in [-0.4, -0.2) is 36.0 Å². The van der Waals surface area contributed by atoms with Crippen LogP contribution < -0.4 is 11.2 Å². The van der Waals surface area contributed by atoms with Gasteiger partial charge in [-0.05, 0) is 30.7 Å². The number of likely N-dealkylation sites (tertiary alicyclic amines) is 1. The van der Waals surface area contributed by atoms with Gasteiger partial charge in [0.1, 0.15) is 0 Å². The molecule has 1 aliphatic heterocycles. The number of hydrogen-bond donors (Lipinski definition) is 0. The molecule has 1 saturated heterocycles. The second kappa shape index (κ2) is 7.38. The molecule has 1 fully saturated rings. The fourth-order valence-electron chi connectivity index (χ4n) is 3.95. The molecule has 8 nitrogen and oxygen atoms in total. The third kappa shape index (κ3) is 3.09. The van der Waals surface area contributed by atoms with Crippen molar-refractivity contribution in [2.45, 2.75) is 38.3 Å². The van der Waals surface area contributed by atoms with Crippen LogP contribution in [0.1, 0.15) is 36.6 Å². The van der Waals surface area contributed by atoms with Gasteiger partial charge in [0.15, 0.2) is 11.2 Å². The van der Waals surface area contributed by atoms with Crippen molar-refractivity contribution in [1.29, 1.82) is 0 Å². The van der Waals surface area contributed by atoms with Gasteiger partial charge < -0.3 is 9.47 Å². The lowest BCUT2D eigenvalue weighted by Gasteiger charge is -2.24. The highest BCUT2D eigenvalue weighted by molar-refractivity contribution is 7.10. The van der Waals surface area contributed by atoms with Crippen LogP contribution in [-0.2, 0) is 25.4 Å². The number of aromatic nitrogens is 4. The topological polar surface area (TPSA) is 82.1 Å². The van der Waals surface area contributed by atoms with E-state index in [1.165, 1.54) is 16.5 Å².